The van der Waals surface area contributed by atoms with Crippen molar-refractivity contribution in [1.82, 2.24) is 15.6 Å². The number of aromatic nitrogens is 1. The molecule has 2 aliphatic carbocycles. The highest BCUT2D eigenvalue weighted by Crippen LogP contribution is 2.61. The molecule has 0 bridgehead atoms. The second-order valence-corrected chi connectivity index (χ2v) is 8.42. The highest BCUT2D eigenvalue weighted by Gasteiger charge is 2.53. The summed E-state index contributed by atoms with van der Waals surface area (Å²) in [6, 6.07) is -0.0178. The van der Waals surface area contributed by atoms with Crippen LogP contribution in [-0.2, 0) is 4.74 Å². The lowest BCUT2D eigenvalue weighted by Gasteiger charge is -2.18. The predicted molar refractivity (Wildman–Crippen MR) is 120 cm³/mol. The first-order valence-electron chi connectivity index (χ1n) is 9.68. The smallest absolute Gasteiger partial charge is 0.350 e. The molecule has 2 fully saturated rings. The maximum Gasteiger partial charge on any atom is 0.350 e. The van der Waals surface area contributed by atoms with E-state index in [1.165, 1.54) is 37.0 Å². The van der Waals surface area contributed by atoms with Gasteiger partial charge in [0.25, 0.3) is 0 Å². The van der Waals surface area contributed by atoms with Crippen molar-refractivity contribution in [2.75, 3.05) is 19.7 Å². The molecule has 152 valence electrons. The molecule has 1 atom stereocenters. The molecule has 0 aromatic carbocycles. The lowest BCUT2D eigenvalue weighted by atomic mass is 10.0. The topological polar surface area (TPSA) is 75.6 Å². The van der Waals surface area contributed by atoms with Crippen LogP contribution in [0.15, 0.2) is 4.99 Å². The summed E-state index contributed by atoms with van der Waals surface area (Å²) in [5, 5.41) is 7.65. The third kappa shape index (κ3) is 5.56. The van der Waals surface area contributed by atoms with Crippen molar-refractivity contribution in [3.63, 3.8) is 0 Å². The highest BCUT2D eigenvalue weighted by molar-refractivity contribution is 14.0. The molecule has 0 spiro atoms. The molecule has 2 N–H and O–H groups in total. The summed E-state index contributed by atoms with van der Waals surface area (Å²) in [5.41, 5.74) is 1.21. The van der Waals surface area contributed by atoms with Crippen LogP contribution < -0.4 is 10.6 Å². The Balaban J connectivity index is 0.00000261. The lowest BCUT2D eigenvalue weighted by molar-refractivity contribution is 0.0531. The van der Waals surface area contributed by atoms with E-state index in [-0.39, 0.29) is 36.0 Å². The van der Waals surface area contributed by atoms with E-state index in [4.69, 9.17) is 9.73 Å². The van der Waals surface area contributed by atoms with Gasteiger partial charge in [-0.1, -0.05) is 0 Å². The number of hydrogen-bond acceptors (Lipinski definition) is 5. The minimum atomic E-state index is -0.290. The van der Waals surface area contributed by atoms with E-state index >= 15 is 0 Å². The van der Waals surface area contributed by atoms with Crippen LogP contribution in [0.1, 0.15) is 72.9 Å². The van der Waals surface area contributed by atoms with Crippen LogP contribution in [0, 0.1) is 18.3 Å². The number of hydrogen-bond donors (Lipinski definition) is 2. The Morgan fingerprint density at radius 1 is 1.41 bits per heavy atom. The van der Waals surface area contributed by atoms with E-state index in [9.17, 15) is 4.79 Å². The van der Waals surface area contributed by atoms with Gasteiger partial charge in [0, 0.05) is 13.1 Å². The van der Waals surface area contributed by atoms with Crippen LogP contribution in [-0.4, -0.2) is 36.6 Å². The minimum Gasteiger partial charge on any atom is -0.462 e. The van der Waals surface area contributed by atoms with Crippen molar-refractivity contribution in [3.8, 4) is 0 Å². The summed E-state index contributed by atoms with van der Waals surface area (Å²) < 4.78 is 5.11. The number of guanidine groups is 1. The molecule has 2 saturated carbocycles. The highest BCUT2D eigenvalue weighted by atomic mass is 127. The number of nitrogens with zero attached hydrogens (tertiary/aromatic N) is 2. The van der Waals surface area contributed by atoms with Gasteiger partial charge < -0.3 is 15.4 Å². The molecule has 1 unspecified atom stereocenters. The molecule has 1 aromatic rings. The summed E-state index contributed by atoms with van der Waals surface area (Å²) in [5.74, 6) is 1.44. The summed E-state index contributed by atoms with van der Waals surface area (Å²) >= 11 is 1.40. The summed E-state index contributed by atoms with van der Waals surface area (Å²) in [4.78, 5) is 22.0. The lowest BCUT2D eigenvalue weighted by Crippen LogP contribution is -2.39. The first-order valence-corrected chi connectivity index (χ1v) is 10.5. The number of rotatable bonds is 8. The number of carbonyl (C=O) groups excluding carboxylic acids is 1. The van der Waals surface area contributed by atoms with Crippen LogP contribution >= 0.6 is 35.3 Å². The van der Waals surface area contributed by atoms with Crippen LogP contribution in [0.3, 0.4) is 0 Å². The fraction of sp³-hybridized carbons (Fsp3) is 0.737. The molecule has 0 amide bonds. The predicted octanol–water partition coefficient (Wildman–Crippen LogP) is 4.05. The molecule has 1 aromatic heterocycles. The molecular formula is C19H31IN4O2S. The van der Waals surface area contributed by atoms with Crippen molar-refractivity contribution in [2.24, 2.45) is 16.3 Å². The van der Waals surface area contributed by atoms with Gasteiger partial charge in [0.2, 0.25) is 0 Å². The molecule has 1 heterocycles. The second-order valence-electron chi connectivity index (χ2n) is 7.38. The summed E-state index contributed by atoms with van der Waals surface area (Å²) in [6.07, 6.45) is 5.41. The zero-order chi connectivity index (χ0) is 18.7. The van der Waals surface area contributed by atoms with Crippen molar-refractivity contribution >= 4 is 47.2 Å². The maximum atomic E-state index is 12.0. The third-order valence-corrected chi connectivity index (χ3v) is 6.55. The van der Waals surface area contributed by atoms with Crippen LogP contribution in [0.25, 0.3) is 0 Å². The minimum absolute atomic E-state index is 0. The van der Waals surface area contributed by atoms with Gasteiger partial charge in [0.1, 0.15) is 9.88 Å². The first kappa shape index (κ1) is 22.4. The Labute approximate surface area is 183 Å². The number of esters is 1. The van der Waals surface area contributed by atoms with E-state index in [0.29, 0.717) is 16.9 Å². The molecule has 0 radical (unpaired) electrons. The SMILES string of the molecule is CCNC(=NCC1(C2CC2)CC1)NC(C)c1nc(C)c(C(=O)OCC)s1.I. The Bertz CT molecular complexity index is 683. The molecule has 0 saturated heterocycles. The number of aryl methyl sites for hydroxylation is 1. The van der Waals surface area contributed by atoms with Gasteiger partial charge in [0.05, 0.1) is 18.3 Å². The van der Waals surface area contributed by atoms with Crippen LogP contribution in [0.4, 0.5) is 0 Å². The normalized spacial score (nSPS) is 19.0. The maximum absolute atomic E-state index is 12.0. The second kappa shape index (κ2) is 9.54. The number of carbonyl (C=O) groups is 1. The van der Waals surface area contributed by atoms with Gasteiger partial charge in [-0.2, -0.15) is 0 Å². The largest absolute Gasteiger partial charge is 0.462 e. The fourth-order valence-electron chi connectivity index (χ4n) is 3.36. The van der Waals surface area contributed by atoms with Gasteiger partial charge in [-0.05, 0) is 64.7 Å². The average molecular weight is 506 g/mol. The quantitative estimate of drug-likeness (QED) is 0.241. The van der Waals surface area contributed by atoms with Gasteiger partial charge in [-0.25, -0.2) is 9.78 Å². The van der Waals surface area contributed by atoms with E-state index < -0.39 is 0 Å². The molecule has 27 heavy (non-hydrogen) atoms. The zero-order valence-electron chi connectivity index (χ0n) is 16.6. The Hall–Kier alpha value is -0.900. The van der Waals surface area contributed by atoms with Gasteiger partial charge in [-0.3, -0.25) is 4.99 Å². The average Bonchev–Trinajstić information content (AvgIpc) is 3.50. The van der Waals surface area contributed by atoms with Crippen molar-refractivity contribution < 1.29 is 9.53 Å². The van der Waals surface area contributed by atoms with E-state index in [1.54, 1.807) is 0 Å². The number of nitrogens with one attached hydrogen (secondary N) is 2. The monoisotopic (exact) mass is 506 g/mol. The number of thiazole rings is 1. The fourth-order valence-corrected chi connectivity index (χ4v) is 4.33. The Morgan fingerprint density at radius 2 is 2.11 bits per heavy atom. The molecule has 3 rings (SSSR count). The zero-order valence-corrected chi connectivity index (χ0v) is 19.8. The van der Waals surface area contributed by atoms with Gasteiger partial charge in [0.15, 0.2) is 5.96 Å². The molecule has 6 nitrogen and oxygen atoms in total. The Kier molecular flexibility index (Phi) is 7.91. The number of aliphatic imine (C=N–C) groups is 1. The van der Waals surface area contributed by atoms with Crippen molar-refractivity contribution in [2.45, 2.75) is 59.4 Å². The van der Waals surface area contributed by atoms with E-state index in [2.05, 4.69) is 22.5 Å². The van der Waals surface area contributed by atoms with E-state index in [0.717, 1.165) is 35.7 Å². The molecular weight excluding hydrogens is 475 g/mol. The summed E-state index contributed by atoms with van der Waals surface area (Å²) in [6.45, 7) is 9.89. The Morgan fingerprint density at radius 3 is 2.67 bits per heavy atom. The third-order valence-electron chi connectivity index (χ3n) is 5.23. The van der Waals surface area contributed by atoms with Crippen molar-refractivity contribution in [3.05, 3.63) is 15.6 Å². The van der Waals surface area contributed by atoms with Gasteiger partial charge >= 0.3 is 5.97 Å². The van der Waals surface area contributed by atoms with E-state index in [1.807, 2.05) is 20.8 Å². The van der Waals surface area contributed by atoms with Crippen molar-refractivity contribution in [1.29, 1.82) is 0 Å². The molecule has 0 aliphatic heterocycles. The van der Waals surface area contributed by atoms with Crippen LogP contribution in [0.5, 0.6) is 0 Å². The first-order chi connectivity index (χ1) is 12.5. The van der Waals surface area contributed by atoms with Crippen LogP contribution in [0.2, 0.25) is 0 Å². The number of halogens is 1. The standard InChI is InChI=1S/C19H30N4O2S.HI/c1-5-20-18(21-11-19(9-10-19)14-7-8-14)23-13(4)16-22-12(3)15(26-16)17(24)25-6-2;/h13-14H,5-11H2,1-4H3,(H2,20,21,23);1H. The van der Waals surface area contributed by atoms with Gasteiger partial charge in [-0.15, -0.1) is 35.3 Å². The molecule has 8 heteroatoms. The number of ether oxygens (including phenoxy) is 1. The molecule has 2 aliphatic rings. The summed E-state index contributed by atoms with van der Waals surface area (Å²) in [7, 11) is 0.